The summed E-state index contributed by atoms with van der Waals surface area (Å²) in [4.78, 5) is 4.08. The summed E-state index contributed by atoms with van der Waals surface area (Å²) in [6.07, 6.45) is 0. The molecule has 1 heterocycles. The first-order valence-corrected chi connectivity index (χ1v) is 7.62. The first kappa shape index (κ1) is 17.5. The number of aromatic nitrogens is 1. The smallest absolute Gasteiger partial charge is 0.191 e. The number of halogens is 1. The molecule has 2 rings (SSSR count). The Balaban J connectivity index is 1.92. The lowest BCUT2D eigenvalue weighted by Gasteiger charge is -2.11. The molecule has 0 radical (unpaired) electrons. The van der Waals surface area contributed by atoms with E-state index in [4.69, 9.17) is 9.78 Å². The molecule has 0 fully saturated rings. The van der Waals surface area contributed by atoms with Crippen molar-refractivity contribution in [3.05, 3.63) is 52.7 Å². The molecule has 1 aromatic carbocycles. The lowest BCUT2D eigenvalue weighted by atomic mass is 10.1. The first-order chi connectivity index (χ1) is 11.5. The van der Waals surface area contributed by atoms with E-state index in [2.05, 4.69) is 20.8 Å². The Morgan fingerprint density at radius 3 is 2.71 bits per heavy atom. The largest absolute Gasteiger partial charge is 0.359 e. The Bertz CT molecular complexity index is 761. The Hall–Kier alpha value is -2.88. The third kappa shape index (κ3) is 4.56. The first-order valence-electron chi connectivity index (χ1n) is 7.62. The molecule has 7 heteroatoms. The van der Waals surface area contributed by atoms with Crippen molar-refractivity contribution >= 4 is 5.96 Å². The Morgan fingerprint density at radius 2 is 2.08 bits per heavy atom. The SMILES string of the molecule is CN=C(NCc1cc(C(C)C)no1)NCc1cc(C#N)ccc1F. The second kappa shape index (κ2) is 8.11. The maximum atomic E-state index is 13.8. The van der Waals surface area contributed by atoms with Gasteiger partial charge in [0.25, 0.3) is 0 Å². The lowest BCUT2D eigenvalue weighted by molar-refractivity contribution is 0.372. The van der Waals surface area contributed by atoms with Crippen molar-refractivity contribution < 1.29 is 8.91 Å². The minimum absolute atomic E-state index is 0.217. The van der Waals surface area contributed by atoms with E-state index in [0.717, 1.165) is 5.69 Å². The van der Waals surface area contributed by atoms with E-state index in [1.54, 1.807) is 7.05 Å². The van der Waals surface area contributed by atoms with Gasteiger partial charge in [0, 0.05) is 25.2 Å². The predicted octanol–water partition coefficient (Wildman–Crippen LogP) is 2.67. The van der Waals surface area contributed by atoms with E-state index in [0.29, 0.717) is 35.3 Å². The molecule has 0 aliphatic rings. The van der Waals surface area contributed by atoms with Crippen LogP contribution in [-0.4, -0.2) is 18.2 Å². The van der Waals surface area contributed by atoms with Gasteiger partial charge in [0.05, 0.1) is 23.9 Å². The molecule has 0 atom stereocenters. The van der Waals surface area contributed by atoms with Crippen LogP contribution in [0.3, 0.4) is 0 Å². The molecular formula is C17H20FN5O. The van der Waals surface area contributed by atoms with Crippen molar-refractivity contribution in [3.8, 4) is 6.07 Å². The quantitative estimate of drug-likeness (QED) is 0.650. The maximum absolute atomic E-state index is 13.8. The van der Waals surface area contributed by atoms with Gasteiger partial charge in [-0.15, -0.1) is 0 Å². The standard InChI is InChI=1S/C17H20FN5O/c1-11(2)16-7-14(24-23-16)10-22-17(20-3)21-9-13-6-12(8-19)4-5-15(13)18/h4-7,11H,9-10H2,1-3H3,(H2,20,21,22). The van der Waals surface area contributed by atoms with Crippen molar-refractivity contribution in [2.45, 2.75) is 32.9 Å². The van der Waals surface area contributed by atoms with Gasteiger partial charge in [-0.05, 0) is 24.1 Å². The maximum Gasteiger partial charge on any atom is 0.191 e. The van der Waals surface area contributed by atoms with Crippen molar-refractivity contribution in [2.75, 3.05) is 7.05 Å². The van der Waals surface area contributed by atoms with Gasteiger partial charge < -0.3 is 15.2 Å². The van der Waals surface area contributed by atoms with Crippen LogP contribution in [0.15, 0.2) is 33.8 Å². The highest BCUT2D eigenvalue weighted by atomic mass is 19.1. The highest BCUT2D eigenvalue weighted by Gasteiger charge is 2.09. The summed E-state index contributed by atoms with van der Waals surface area (Å²) in [6.45, 7) is 4.72. The molecule has 0 aliphatic carbocycles. The summed E-state index contributed by atoms with van der Waals surface area (Å²) >= 11 is 0. The zero-order chi connectivity index (χ0) is 17.5. The average molecular weight is 329 g/mol. The zero-order valence-corrected chi connectivity index (χ0v) is 13.9. The molecular weight excluding hydrogens is 309 g/mol. The number of guanidine groups is 1. The monoisotopic (exact) mass is 329 g/mol. The number of rotatable bonds is 5. The van der Waals surface area contributed by atoms with Crippen LogP contribution in [0.25, 0.3) is 0 Å². The third-order valence-electron chi connectivity index (χ3n) is 3.44. The van der Waals surface area contributed by atoms with Crippen LogP contribution in [0.2, 0.25) is 0 Å². The molecule has 0 spiro atoms. The van der Waals surface area contributed by atoms with Crippen LogP contribution in [-0.2, 0) is 13.1 Å². The predicted molar refractivity (Wildman–Crippen MR) is 88.7 cm³/mol. The molecule has 2 aromatic rings. The van der Waals surface area contributed by atoms with Crippen LogP contribution in [0.5, 0.6) is 0 Å². The van der Waals surface area contributed by atoms with Gasteiger partial charge in [-0.1, -0.05) is 19.0 Å². The van der Waals surface area contributed by atoms with Crippen molar-refractivity contribution in [1.82, 2.24) is 15.8 Å². The summed E-state index contributed by atoms with van der Waals surface area (Å²) in [5, 5.41) is 18.9. The highest BCUT2D eigenvalue weighted by molar-refractivity contribution is 5.79. The van der Waals surface area contributed by atoms with Crippen LogP contribution in [0, 0.1) is 17.1 Å². The summed E-state index contributed by atoms with van der Waals surface area (Å²) in [5.74, 6) is 1.13. The summed E-state index contributed by atoms with van der Waals surface area (Å²) < 4.78 is 19.0. The minimum atomic E-state index is -0.367. The van der Waals surface area contributed by atoms with Crippen molar-refractivity contribution in [2.24, 2.45) is 4.99 Å². The lowest BCUT2D eigenvalue weighted by Crippen LogP contribution is -2.36. The Kier molecular flexibility index (Phi) is 5.90. The van der Waals surface area contributed by atoms with E-state index >= 15 is 0 Å². The molecule has 0 saturated heterocycles. The Labute approximate surface area is 140 Å². The van der Waals surface area contributed by atoms with E-state index < -0.39 is 0 Å². The summed E-state index contributed by atoms with van der Waals surface area (Å²) in [7, 11) is 1.62. The molecule has 0 aliphatic heterocycles. The van der Waals surface area contributed by atoms with Crippen LogP contribution in [0.4, 0.5) is 4.39 Å². The molecule has 0 amide bonds. The van der Waals surface area contributed by atoms with Gasteiger partial charge in [-0.3, -0.25) is 4.99 Å². The molecule has 6 nitrogen and oxygen atoms in total. The van der Waals surface area contributed by atoms with Crippen LogP contribution >= 0.6 is 0 Å². The normalized spacial score (nSPS) is 11.4. The second-order valence-electron chi connectivity index (χ2n) is 5.57. The van der Waals surface area contributed by atoms with Gasteiger partial charge in [-0.2, -0.15) is 5.26 Å². The van der Waals surface area contributed by atoms with Crippen LogP contribution in [0.1, 0.15) is 42.3 Å². The number of nitrogens with one attached hydrogen (secondary N) is 2. The number of hydrogen-bond donors (Lipinski definition) is 2. The fourth-order valence-electron chi connectivity index (χ4n) is 2.03. The summed E-state index contributed by atoms with van der Waals surface area (Å²) in [6, 6.07) is 8.13. The minimum Gasteiger partial charge on any atom is -0.359 e. The fourth-order valence-corrected chi connectivity index (χ4v) is 2.03. The molecule has 126 valence electrons. The average Bonchev–Trinajstić information content (AvgIpc) is 3.05. The van der Waals surface area contributed by atoms with Crippen molar-refractivity contribution in [3.63, 3.8) is 0 Å². The molecule has 0 unspecified atom stereocenters. The number of aliphatic imine (C=N–C) groups is 1. The van der Waals surface area contributed by atoms with Gasteiger partial charge in [0.2, 0.25) is 0 Å². The molecule has 0 saturated carbocycles. The van der Waals surface area contributed by atoms with E-state index in [1.807, 2.05) is 26.0 Å². The third-order valence-corrected chi connectivity index (χ3v) is 3.44. The van der Waals surface area contributed by atoms with Gasteiger partial charge in [0.1, 0.15) is 5.82 Å². The Morgan fingerprint density at radius 1 is 1.33 bits per heavy atom. The molecule has 0 bridgehead atoms. The van der Waals surface area contributed by atoms with Crippen molar-refractivity contribution in [1.29, 1.82) is 5.26 Å². The number of hydrogen-bond acceptors (Lipinski definition) is 4. The van der Waals surface area contributed by atoms with Gasteiger partial charge >= 0.3 is 0 Å². The molecule has 2 N–H and O–H groups in total. The second-order valence-corrected chi connectivity index (χ2v) is 5.57. The van der Waals surface area contributed by atoms with E-state index in [9.17, 15) is 4.39 Å². The molecule has 24 heavy (non-hydrogen) atoms. The number of nitrogens with zero attached hydrogens (tertiary/aromatic N) is 3. The van der Waals surface area contributed by atoms with E-state index in [-0.39, 0.29) is 12.4 Å². The zero-order valence-electron chi connectivity index (χ0n) is 13.9. The topological polar surface area (TPSA) is 86.2 Å². The van der Waals surface area contributed by atoms with Gasteiger partial charge in [0.15, 0.2) is 11.7 Å². The summed E-state index contributed by atoms with van der Waals surface area (Å²) in [5.41, 5.74) is 1.71. The van der Waals surface area contributed by atoms with Crippen LogP contribution < -0.4 is 10.6 Å². The number of nitriles is 1. The molecule has 1 aromatic heterocycles. The van der Waals surface area contributed by atoms with E-state index in [1.165, 1.54) is 18.2 Å². The van der Waals surface area contributed by atoms with Gasteiger partial charge in [-0.25, -0.2) is 4.39 Å². The fraction of sp³-hybridized carbons (Fsp3) is 0.353. The highest BCUT2D eigenvalue weighted by Crippen LogP contribution is 2.13. The number of benzene rings is 1.